The molecule has 1 aromatic rings. The molecule has 4 amide bonds. The van der Waals surface area contributed by atoms with Crippen molar-refractivity contribution < 1.29 is 22.8 Å². The van der Waals surface area contributed by atoms with Crippen LogP contribution in [0.2, 0.25) is 0 Å². The Morgan fingerprint density at radius 2 is 1.90 bits per heavy atom. The van der Waals surface area contributed by atoms with Gasteiger partial charge in [-0.2, -0.15) is 0 Å². The first-order chi connectivity index (χ1) is 14.5. The van der Waals surface area contributed by atoms with E-state index in [-0.39, 0.29) is 11.5 Å². The Hall–Kier alpha value is -2.42. The van der Waals surface area contributed by atoms with Crippen LogP contribution in [-0.2, 0) is 25.0 Å². The van der Waals surface area contributed by atoms with Gasteiger partial charge in [0.25, 0.3) is 5.91 Å². The summed E-state index contributed by atoms with van der Waals surface area (Å²) in [6.07, 6.45) is 1.04. The van der Waals surface area contributed by atoms with Gasteiger partial charge in [-0.3, -0.25) is 14.5 Å². The van der Waals surface area contributed by atoms with Gasteiger partial charge in [-0.25, -0.2) is 13.2 Å². The van der Waals surface area contributed by atoms with Crippen molar-refractivity contribution in [2.45, 2.75) is 58.0 Å². The minimum atomic E-state index is -3.16. The lowest BCUT2D eigenvalue weighted by Gasteiger charge is -2.29. The van der Waals surface area contributed by atoms with Crippen LogP contribution in [0, 0.1) is 0 Å². The maximum atomic E-state index is 13.2. The molecule has 9 heteroatoms. The van der Waals surface area contributed by atoms with E-state index in [9.17, 15) is 22.8 Å². The zero-order valence-corrected chi connectivity index (χ0v) is 19.4. The molecule has 8 nitrogen and oxygen atoms in total. The van der Waals surface area contributed by atoms with E-state index in [4.69, 9.17) is 0 Å². The van der Waals surface area contributed by atoms with Gasteiger partial charge < -0.3 is 10.2 Å². The van der Waals surface area contributed by atoms with E-state index in [1.165, 1.54) is 4.90 Å². The van der Waals surface area contributed by atoms with Crippen molar-refractivity contribution in [1.29, 1.82) is 0 Å². The van der Waals surface area contributed by atoms with Gasteiger partial charge in [-0.15, -0.1) is 0 Å². The Morgan fingerprint density at radius 1 is 1.26 bits per heavy atom. The normalized spacial score (nSPS) is 25.2. The third-order valence-electron chi connectivity index (χ3n) is 6.16. The highest BCUT2D eigenvalue weighted by molar-refractivity contribution is 7.91. The van der Waals surface area contributed by atoms with E-state index in [2.05, 4.69) is 19.2 Å². The number of carbonyl (C=O) groups is 3. The molecule has 2 aliphatic heterocycles. The van der Waals surface area contributed by atoms with Gasteiger partial charge in [0.15, 0.2) is 9.84 Å². The second-order valence-electron chi connectivity index (χ2n) is 8.87. The highest BCUT2D eigenvalue weighted by Gasteiger charge is 2.50. The summed E-state index contributed by atoms with van der Waals surface area (Å²) >= 11 is 0. The molecule has 2 saturated heterocycles. The lowest BCUT2D eigenvalue weighted by molar-refractivity contribution is -0.140. The predicted octanol–water partition coefficient (Wildman–Crippen LogP) is 2.00. The molecule has 2 heterocycles. The third-order valence-corrected chi connectivity index (χ3v) is 7.91. The molecule has 0 saturated carbocycles. The molecule has 3 rings (SSSR count). The molecule has 2 unspecified atom stereocenters. The van der Waals surface area contributed by atoms with Crippen LogP contribution in [0.25, 0.3) is 0 Å². The Labute approximate surface area is 183 Å². The van der Waals surface area contributed by atoms with Crippen molar-refractivity contribution in [3.8, 4) is 0 Å². The monoisotopic (exact) mass is 449 g/mol. The van der Waals surface area contributed by atoms with E-state index in [0.717, 1.165) is 10.5 Å². The van der Waals surface area contributed by atoms with Crippen LogP contribution in [0.1, 0.15) is 57.6 Å². The molecule has 1 N–H and O–H groups in total. The molecule has 2 atom stereocenters. The van der Waals surface area contributed by atoms with Gasteiger partial charge >= 0.3 is 6.03 Å². The number of urea groups is 1. The Kier molecular flexibility index (Phi) is 6.45. The number of rotatable bonds is 7. The number of amides is 4. The fourth-order valence-electron chi connectivity index (χ4n) is 4.24. The molecule has 31 heavy (non-hydrogen) atoms. The smallest absolute Gasteiger partial charge is 0.325 e. The summed E-state index contributed by atoms with van der Waals surface area (Å²) in [6.45, 7) is 7.66. The summed E-state index contributed by atoms with van der Waals surface area (Å²) in [5.41, 5.74) is 0.523. The second-order valence-corrected chi connectivity index (χ2v) is 11.1. The van der Waals surface area contributed by atoms with Crippen LogP contribution in [0.5, 0.6) is 0 Å². The lowest BCUT2D eigenvalue weighted by atomic mass is 9.90. The zero-order valence-electron chi connectivity index (χ0n) is 18.6. The van der Waals surface area contributed by atoms with Gasteiger partial charge in [-0.1, -0.05) is 45.0 Å². The van der Waals surface area contributed by atoms with Crippen molar-refractivity contribution in [2.24, 2.45) is 0 Å². The average Bonchev–Trinajstić information content (AvgIpc) is 3.17. The van der Waals surface area contributed by atoms with E-state index in [0.29, 0.717) is 30.9 Å². The molecule has 0 spiro atoms. The number of benzene rings is 1. The summed E-state index contributed by atoms with van der Waals surface area (Å²) in [5.74, 6) is -0.573. The molecular formula is C22H31N3O5S. The molecular weight excluding hydrogens is 418 g/mol. The summed E-state index contributed by atoms with van der Waals surface area (Å²) < 4.78 is 23.7. The van der Waals surface area contributed by atoms with Crippen molar-refractivity contribution >= 4 is 27.7 Å². The largest absolute Gasteiger partial charge is 0.337 e. The maximum absolute atomic E-state index is 13.2. The SMILES string of the molecule is CCCN(C(=O)CN1C(=O)NC(C)(c2ccc(C(C)C)cc2)C1=O)C1CCS(=O)(=O)C1. The molecule has 0 aliphatic carbocycles. The number of hydrogen-bond donors (Lipinski definition) is 1. The standard InChI is InChI=1S/C22H31N3O5S/c1-5-11-24(18-10-12-31(29,30)14-18)19(26)13-25-20(27)22(4,23-21(25)28)17-8-6-16(7-9-17)15(2)3/h6-9,15,18H,5,10-14H2,1-4H3,(H,23,28). The Bertz CT molecular complexity index is 973. The van der Waals surface area contributed by atoms with E-state index < -0.39 is 45.8 Å². The van der Waals surface area contributed by atoms with Crippen LogP contribution >= 0.6 is 0 Å². The average molecular weight is 450 g/mol. The number of carbonyl (C=O) groups excluding carboxylic acids is 3. The number of sulfone groups is 1. The van der Waals surface area contributed by atoms with Crippen LogP contribution in [0.15, 0.2) is 24.3 Å². The highest BCUT2D eigenvalue weighted by atomic mass is 32.2. The second kappa shape index (κ2) is 8.61. The number of nitrogens with one attached hydrogen (secondary N) is 1. The molecule has 0 radical (unpaired) electrons. The first-order valence-corrected chi connectivity index (χ1v) is 12.5. The molecule has 1 aromatic carbocycles. The lowest BCUT2D eigenvalue weighted by Crippen LogP contribution is -2.48. The summed E-state index contributed by atoms with van der Waals surface area (Å²) in [5, 5.41) is 2.72. The predicted molar refractivity (Wildman–Crippen MR) is 117 cm³/mol. The van der Waals surface area contributed by atoms with Gasteiger partial charge in [-0.05, 0) is 36.8 Å². The van der Waals surface area contributed by atoms with Gasteiger partial charge in [0.05, 0.1) is 11.5 Å². The van der Waals surface area contributed by atoms with Crippen molar-refractivity contribution in [2.75, 3.05) is 24.6 Å². The molecule has 170 valence electrons. The summed E-state index contributed by atoms with van der Waals surface area (Å²) in [6, 6.07) is 6.48. The van der Waals surface area contributed by atoms with Crippen LogP contribution in [0.3, 0.4) is 0 Å². The van der Waals surface area contributed by atoms with Crippen molar-refractivity contribution in [3.63, 3.8) is 0 Å². The first-order valence-electron chi connectivity index (χ1n) is 10.7. The van der Waals surface area contributed by atoms with Crippen LogP contribution in [-0.4, -0.2) is 66.7 Å². The summed E-state index contributed by atoms with van der Waals surface area (Å²) in [7, 11) is -3.16. The molecule has 2 fully saturated rings. The number of imide groups is 1. The van der Waals surface area contributed by atoms with Gasteiger partial charge in [0, 0.05) is 12.6 Å². The number of hydrogen-bond acceptors (Lipinski definition) is 5. The fraction of sp³-hybridized carbons (Fsp3) is 0.591. The van der Waals surface area contributed by atoms with Crippen LogP contribution < -0.4 is 5.32 Å². The highest BCUT2D eigenvalue weighted by Crippen LogP contribution is 2.30. The number of nitrogens with zero attached hydrogens (tertiary/aromatic N) is 2. The maximum Gasteiger partial charge on any atom is 0.325 e. The Balaban J connectivity index is 1.77. The Morgan fingerprint density at radius 3 is 2.42 bits per heavy atom. The van der Waals surface area contributed by atoms with Crippen molar-refractivity contribution in [3.05, 3.63) is 35.4 Å². The quantitative estimate of drug-likeness (QED) is 0.641. The third kappa shape index (κ3) is 4.61. The van der Waals surface area contributed by atoms with E-state index >= 15 is 0 Å². The zero-order chi connectivity index (χ0) is 23.0. The molecule has 2 aliphatic rings. The fourth-order valence-corrected chi connectivity index (χ4v) is 5.97. The summed E-state index contributed by atoms with van der Waals surface area (Å²) in [4.78, 5) is 41.2. The first kappa shape index (κ1) is 23.2. The van der Waals surface area contributed by atoms with E-state index in [1.54, 1.807) is 6.92 Å². The van der Waals surface area contributed by atoms with Crippen LogP contribution in [0.4, 0.5) is 4.79 Å². The minimum absolute atomic E-state index is 0.0543. The molecule has 0 aromatic heterocycles. The van der Waals surface area contributed by atoms with Gasteiger partial charge in [0.2, 0.25) is 5.91 Å². The van der Waals surface area contributed by atoms with Gasteiger partial charge in [0.1, 0.15) is 12.1 Å². The van der Waals surface area contributed by atoms with Crippen molar-refractivity contribution in [1.82, 2.24) is 15.1 Å². The minimum Gasteiger partial charge on any atom is -0.337 e. The molecule has 0 bridgehead atoms. The van der Waals surface area contributed by atoms with E-state index in [1.807, 2.05) is 31.2 Å². The topological polar surface area (TPSA) is 104 Å².